The van der Waals surface area contributed by atoms with Crippen molar-refractivity contribution in [2.24, 2.45) is 0 Å². The minimum Gasteiger partial charge on any atom is -0.480 e. The molecule has 0 unspecified atom stereocenters. The van der Waals surface area contributed by atoms with E-state index >= 15 is 0 Å². The molecule has 2 aliphatic heterocycles. The number of H-pyrrole nitrogens is 1. The summed E-state index contributed by atoms with van der Waals surface area (Å²) in [6.45, 7) is 1.20. The molecule has 4 N–H and O–H groups in total. The van der Waals surface area contributed by atoms with E-state index < -0.39 is 45.6 Å². The SMILES string of the molecule is CN1CCc2nc(C(=O)N[C@@H]3CN(S(=O)(=O)CC(=O)O)C[C@H]3NC(=O)c3cc4ccccc4[nH]3)sc2C1. The minimum absolute atomic E-state index is 0.174. The highest BCUT2D eigenvalue weighted by molar-refractivity contribution is 7.89. The van der Waals surface area contributed by atoms with Crippen molar-refractivity contribution in [2.45, 2.75) is 25.0 Å². The van der Waals surface area contributed by atoms with Crippen molar-refractivity contribution in [1.29, 1.82) is 0 Å². The number of benzene rings is 1. The number of nitrogens with zero attached hydrogens (tertiary/aromatic N) is 3. The van der Waals surface area contributed by atoms with Gasteiger partial charge in [0, 0.05) is 48.4 Å². The Bertz CT molecular complexity index is 1450. The third-order valence-electron chi connectivity index (χ3n) is 6.51. The number of para-hydroxylation sites is 1. The van der Waals surface area contributed by atoms with Crippen molar-refractivity contribution in [3.8, 4) is 0 Å². The molecule has 0 bridgehead atoms. The fraction of sp³-hybridized carbons (Fsp3) is 0.391. The number of sulfonamides is 1. The lowest BCUT2D eigenvalue weighted by Gasteiger charge is -2.20. The van der Waals surface area contributed by atoms with E-state index in [1.807, 2.05) is 31.3 Å². The summed E-state index contributed by atoms with van der Waals surface area (Å²) in [5.74, 6) is -3.49. The van der Waals surface area contributed by atoms with E-state index in [4.69, 9.17) is 5.11 Å². The van der Waals surface area contributed by atoms with Crippen molar-refractivity contribution in [1.82, 2.24) is 29.8 Å². The lowest BCUT2D eigenvalue weighted by Crippen LogP contribution is -2.51. The summed E-state index contributed by atoms with van der Waals surface area (Å²) in [6.07, 6.45) is 0.740. The van der Waals surface area contributed by atoms with Crippen LogP contribution in [0.25, 0.3) is 10.9 Å². The molecular formula is C23H26N6O6S2. The fourth-order valence-electron chi connectivity index (χ4n) is 4.63. The predicted molar refractivity (Wildman–Crippen MR) is 136 cm³/mol. The van der Waals surface area contributed by atoms with E-state index in [1.165, 1.54) is 11.3 Å². The van der Waals surface area contributed by atoms with Crippen LogP contribution in [0.2, 0.25) is 0 Å². The zero-order valence-electron chi connectivity index (χ0n) is 19.9. The van der Waals surface area contributed by atoms with E-state index in [0.29, 0.717) is 6.54 Å². The van der Waals surface area contributed by atoms with Crippen LogP contribution in [-0.2, 0) is 27.8 Å². The number of aromatic nitrogens is 2. The second kappa shape index (κ2) is 9.85. The van der Waals surface area contributed by atoms with Gasteiger partial charge >= 0.3 is 5.97 Å². The van der Waals surface area contributed by atoms with Crippen LogP contribution in [0.15, 0.2) is 30.3 Å². The van der Waals surface area contributed by atoms with Gasteiger partial charge in [-0.3, -0.25) is 14.4 Å². The van der Waals surface area contributed by atoms with Crippen molar-refractivity contribution >= 4 is 50.0 Å². The highest BCUT2D eigenvalue weighted by Crippen LogP contribution is 2.25. The van der Waals surface area contributed by atoms with Gasteiger partial charge in [-0.2, -0.15) is 4.31 Å². The maximum absolute atomic E-state index is 13.1. The third kappa shape index (κ3) is 5.37. The van der Waals surface area contributed by atoms with Gasteiger partial charge < -0.3 is 25.6 Å². The molecule has 0 saturated carbocycles. The second-order valence-corrected chi connectivity index (χ2v) is 12.3. The number of hydrogen-bond acceptors (Lipinski definition) is 8. The number of hydrogen-bond donors (Lipinski definition) is 4. The Balaban J connectivity index is 1.36. The van der Waals surface area contributed by atoms with Gasteiger partial charge in [0.05, 0.1) is 17.8 Å². The molecule has 14 heteroatoms. The van der Waals surface area contributed by atoms with E-state index in [-0.39, 0.29) is 23.8 Å². The highest BCUT2D eigenvalue weighted by Gasteiger charge is 2.41. The molecule has 1 fully saturated rings. The highest BCUT2D eigenvalue weighted by atomic mass is 32.2. The number of fused-ring (bicyclic) bond motifs is 2. The molecular weight excluding hydrogens is 520 g/mol. The number of nitrogens with one attached hydrogen (secondary N) is 3. The largest absolute Gasteiger partial charge is 0.480 e. The molecule has 1 saturated heterocycles. The maximum atomic E-state index is 13.1. The van der Waals surface area contributed by atoms with Crippen molar-refractivity contribution < 1.29 is 27.9 Å². The normalized spacial score (nSPS) is 20.6. The summed E-state index contributed by atoms with van der Waals surface area (Å²) in [5, 5.41) is 15.8. The molecule has 0 aliphatic carbocycles. The molecule has 2 atom stereocenters. The van der Waals surface area contributed by atoms with Crippen LogP contribution in [-0.4, -0.2) is 95.0 Å². The molecule has 196 valence electrons. The van der Waals surface area contributed by atoms with Gasteiger partial charge in [-0.15, -0.1) is 11.3 Å². The summed E-state index contributed by atoms with van der Waals surface area (Å²) in [5.41, 5.74) is 1.94. The molecule has 5 rings (SSSR count). The Kier molecular flexibility index (Phi) is 6.74. The van der Waals surface area contributed by atoms with E-state index in [0.717, 1.165) is 38.7 Å². The zero-order valence-corrected chi connectivity index (χ0v) is 21.6. The smallest absolute Gasteiger partial charge is 0.320 e. The van der Waals surface area contributed by atoms with Gasteiger partial charge in [0.25, 0.3) is 11.8 Å². The number of thiazole rings is 1. The van der Waals surface area contributed by atoms with E-state index in [9.17, 15) is 22.8 Å². The summed E-state index contributed by atoms with van der Waals surface area (Å²) in [7, 11) is -2.16. The monoisotopic (exact) mass is 546 g/mol. The van der Waals surface area contributed by atoms with Crippen LogP contribution in [0.1, 0.15) is 30.9 Å². The van der Waals surface area contributed by atoms with Crippen LogP contribution >= 0.6 is 11.3 Å². The third-order valence-corrected chi connectivity index (χ3v) is 9.29. The predicted octanol–water partition coefficient (Wildman–Crippen LogP) is 0.239. The first kappa shape index (κ1) is 25.3. The maximum Gasteiger partial charge on any atom is 0.320 e. The van der Waals surface area contributed by atoms with Gasteiger partial charge in [0.15, 0.2) is 10.8 Å². The molecule has 1 aromatic carbocycles. The quantitative estimate of drug-likeness (QED) is 0.327. The molecule has 2 aromatic heterocycles. The standard InChI is InChI=1S/C23H26N6O6S2/c1-28-7-6-15-19(11-28)36-23(27-15)22(33)26-18-10-29(37(34,35)12-20(30)31)9-17(18)25-21(32)16-8-13-4-2-3-5-14(13)24-16/h2-5,8,17-18,24H,6-7,9-12H2,1H3,(H,25,32)(H,26,33)(H,30,31)/t17-,18-/m1/s1. The fourth-order valence-corrected chi connectivity index (χ4v) is 6.99. The Labute approximate surface area is 216 Å². The van der Waals surface area contributed by atoms with Crippen LogP contribution in [0, 0.1) is 0 Å². The summed E-state index contributed by atoms with van der Waals surface area (Å²) in [4.78, 5) is 47.9. The number of aromatic amines is 1. The number of likely N-dealkylation sites (N-methyl/N-ethyl adjacent to an activating group) is 1. The Morgan fingerprint density at radius 1 is 1.16 bits per heavy atom. The van der Waals surface area contributed by atoms with Crippen molar-refractivity contribution in [3.63, 3.8) is 0 Å². The average molecular weight is 547 g/mol. The van der Waals surface area contributed by atoms with Gasteiger partial charge in [-0.25, -0.2) is 13.4 Å². The van der Waals surface area contributed by atoms with Gasteiger partial charge in [-0.1, -0.05) is 18.2 Å². The summed E-state index contributed by atoms with van der Waals surface area (Å²) in [6, 6.07) is 7.48. The lowest BCUT2D eigenvalue weighted by atomic mass is 10.1. The Morgan fingerprint density at radius 3 is 2.57 bits per heavy atom. The molecule has 3 aromatic rings. The molecule has 4 heterocycles. The van der Waals surface area contributed by atoms with Crippen LogP contribution in [0.3, 0.4) is 0 Å². The van der Waals surface area contributed by atoms with E-state index in [1.54, 1.807) is 6.07 Å². The van der Waals surface area contributed by atoms with Gasteiger partial charge in [-0.05, 0) is 19.2 Å². The van der Waals surface area contributed by atoms with Crippen LogP contribution in [0.5, 0.6) is 0 Å². The van der Waals surface area contributed by atoms with Gasteiger partial charge in [0.2, 0.25) is 10.0 Å². The zero-order chi connectivity index (χ0) is 26.3. The molecule has 2 amide bonds. The summed E-state index contributed by atoms with van der Waals surface area (Å²) >= 11 is 1.29. The Hall–Kier alpha value is -3.33. The Morgan fingerprint density at radius 2 is 1.86 bits per heavy atom. The summed E-state index contributed by atoms with van der Waals surface area (Å²) < 4.78 is 26.2. The first-order valence-electron chi connectivity index (χ1n) is 11.7. The number of amides is 2. The van der Waals surface area contributed by atoms with Crippen LogP contribution in [0.4, 0.5) is 0 Å². The first-order chi connectivity index (χ1) is 17.6. The number of rotatable bonds is 7. The van der Waals surface area contributed by atoms with Crippen molar-refractivity contribution in [2.75, 3.05) is 32.4 Å². The van der Waals surface area contributed by atoms with Crippen LogP contribution < -0.4 is 10.6 Å². The molecule has 0 spiro atoms. The molecule has 0 radical (unpaired) electrons. The second-order valence-electron chi connectivity index (χ2n) is 9.27. The number of carboxylic acid groups (broad SMARTS) is 1. The van der Waals surface area contributed by atoms with Crippen molar-refractivity contribution in [3.05, 3.63) is 51.6 Å². The number of carbonyl (C=O) groups excluding carboxylic acids is 2. The topological polar surface area (TPSA) is 165 Å². The lowest BCUT2D eigenvalue weighted by molar-refractivity contribution is -0.134. The minimum atomic E-state index is -4.15. The molecule has 12 nitrogen and oxygen atoms in total. The number of carboxylic acids is 1. The molecule has 37 heavy (non-hydrogen) atoms. The number of carbonyl (C=O) groups is 3. The first-order valence-corrected chi connectivity index (χ1v) is 14.1. The molecule has 2 aliphatic rings. The van der Waals surface area contributed by atoms with Gasteiger partial charge in [0.1, 0.15) is 5.69 Å². The van der Waals surface area contributed by atoms with E-state index in [2.05, 4.69) is 25.5 Å². The average Bonchev–Trinajstić information content (AvgIpc) is 3.54. The number of aliphatic carboxylic acids is 1.